The van der Waals surface area contributed by atoms with E-state index in [1.807, 2.05) is 18.7 Å². The van der Waals surface area contributed by atoms with Crippen molar-refractivity contribution in [2.45, 2.75) is 58.1 Å². The van der Waals surface area contributed by atoms with Crippen molar-refractivity contribution in [3.05, 3.63) is 23.8 Å². The molecule has 1 saturated heterocycles. The van der Waals surface area contributed by atoms with E-state index in [9.17, 15) is 9.59 Å². The zero-order valence-corrected chi connectivity index (χ0v) is 16.5. The van der Waals surface area contributed by atoms with E-state index in [1.165, 1.54) is 0 Å². The van der Waals surface area contributed by atoms with Crippen molar-refractivity contribution in [1.82, 2.24) is 10.2 Å². The van der Waals surface area contributed by atoms with Gasteiger partial charge in [0, 0.05) is 37.9 Å². The van der Waals surface area contributed by atoms with Crippen LogP contribution in [0.1, 0.15) is 56.3 Å². The fourth-order valence-corrected chi connectivity index (χ4v) is 3.28. The van der Waals surface area contributed by atoms with Crippen LogP contribution >= 0.6 is 0 Å². The van der Waals surface area contributed by atoms with Crippen LogP contribution in [-0.2, 0) is 4.79 Å². The Bertz CT molecular complexity index is 679. The van der Waals surface area contributed by atoms with Crippen molar-refractivity contribution in [3.8, 4) is 11.5 Å². The lowest BCUT2D eigenvalue weighted by atomic mass is 10.1. The number of hydrogen-bond donors (Lipinski definition) is 1. The highest BCUT2D eigenvalue weighted by Gasteiger charge is 2.35. The lowest BCUT2D eigenvalue weighted by molar-refractivity contribution is -0.134. The van der Waals surface area contributed by atoms with E-state index in [4.69, 9.17) is 9.47 Å². The zero-order valence-electron chi connectivity index (χ0n) is 16.5. The Morgan fingerprint density at radius 1 is 1.22 bits per heavy atom. The Balaban J connectivity index is 1.65. The molecular formula is C21H30N2O4. The van der Waals surface area contributed by atoms with Gasteiger partial charge >= 0.3 is 0 Å². The van der Waals surface area contributed by atoms with E-state index >= 15 is 0 Å². The number of carbonyl (C=O) groups is 2. The zero-order chi connectivity index (χ0) is 19.4. The first kappa shape index (κ1) is 19.5. The highest BCUT2D eigenvalue weighted by Crippen LogP contribution is 2.33. The van der Waals surface area contributed by atoms with Crippen molar-refractivity contribution in [2.24, 2.45) is 5.92 Å². The van der Waals surface area contributed by atoms with Gasteiger partial charge in [-0.3, -0.25) is 9.59 Å². The van der Waals surface area contributed by atoms with Gasteiger partial charge in [-0.25, -0.2) is 0 Å². The molecule has 6 nitrogen and oxygen atoms in total. The van der Waals surface area contributed by atoms with E-state index in [0.29, 0.717) is 23.0 Å². The number of benzene rings is 1. The maximum Gasteiger partial charge on any atom is 0.255 e. The van der Waals surface area contributed by atoms with Gasteiger partial charge in [0.05, 0.1) is 12.7 Å². The summed E-state index contributed by atoms with van der Waals surface area (Å²) in [5.41, 5.74) is 0.492. The fraction of sp³-hybridized carbons (Fsp3) is 0.619. The van der Waals surface area contributed by atoms with E-state index in [1.54, 1.807) is 25.3 Å². The second kappa shape index (κ2) is 8.63. The van der Waals surface area contributed by atoms with Crippen molar-refractivity contribution in [2.75, 3.05) is 20.2 Å². The van der Waals surface area contributed by atoms with Crippen molar-refractivity contribution in [3.63, 3.8) is 0 Å². The number of amides is 2. The number of piperidine rings is 1. The van der Waals surface area contributed by atoms with Gasteiger partial charge in [0.1, 0.15) is 17.6 Å². The van der Waals surface area contributed by atoms with E-state index in [2.05, 4.69) is 5.32 Å². The van der Waals surface area contributed by atoms with Gasteiger partial charge in [-0.2, -0.15) is 0 Å². The average molecular weight is 374 g/mol. The highest BCUT2D eigenvalue weighted by atomic mass is 16.5. The second-order valence-electron chi connectivity index (χ2n) is 7.56. The Morgan fingerprint density at radius 2 is 1.93 bits per heavy atom. The van der Waals surface area contributed by atoms with Crippen molar-refractivity contribution >= 4 is 11.8 Å². The van der Waals surface area contributed by atoms with E-state index in [-0.39, 0.29) is 24.0 Å². The van der Waals surface area contributed by atoms with Crippen molar-refractivity contribution in [1.29, 1.82) is 0 Å². The number of hydrogen-bond acceptors (Lipinski definition) is 4. The number of likely N-dealkylation sites (tertiary alicyclic amines) is 1. The molecule has 6 heteroatoms. The monoisotopic (exact) mass is 374 g/mol. The molecule has 3 rings (SSSR count). The first-order valence-electron chi connectivity index (χ1n) is 9.96. The smallest absolute Gasteiger partial charge is 0.255 e. The fourth-order valence-electron chi connectivity index (χ4n) is 3.28. The van der Waals surface area contributed by atoms with Gasteiger partial charge in [0.25, 0.3) is 5.91 Å². The van der Waals surface area contributed by atoms with Gasteiger partial charge in [-0.15, -0.1) is 0 Å². The number of nitrogens with one attached hydrogen (secondary N) is 1. The first-order valence-corrected chi connectivity index (χ1v) is 9.96. The number of carbonyl (C=O) groups excluding carboxylic acids is 2. The summed E-state index contributed by atoms with van der Waals surface area (Å²) in [5.74, 6) is 1.61. The quantitative estimate of drug-likeness (QED) is 0.797. The van der Waals surface area contributed by atoms with Crippen LogP contribution in [0.25, 0.3) is 0 Å². The van der Waals surface area contributed by atoms with Crippen LogP contribution in [0.4, 0.5) is 0 Å². The normalized spacial score (nSPS) is 18.7. The van der Waals surface area contributed by atoms with Crippen LogP contribution in [-0.4, -0.2) is 49.1 Å². The minimum Gasteiger partial charge on any atom is -0.497 e. The molecule has 1 atom stereocenters. The standard InChI is InChI=1S/C21H30N2O4/c1-4-14(2)22-20(24)18-13-17(26-3)7-8-19(18)27-16-9-11-23(12-10-16)21(25)15-5-6-15/h7-8,13-16H,4-6,9-12H2,1-3H3,(H,22,24)/t14-/m1/s1. The van der Waals surface area contributed by atoms with Gasteiger partial charge in [0.2, 0.25) is 5.91 Å². The molecule has 1 aliphatic carbocycles. The van der Waals surface area contributed by atoms with Crippen LogP contribution in [0, 0.1) is 5.92 Å². The molecule has 2 aliphatic rings. The Kier molecular flexibility index (Phi) is 6.24. The molecule has 1 N–H and O–H groups in total. The number of methoxy groups -OCH3 is 1. The summed E-state index contributed by atoms with van der Waals surface area (Å²) < 4.78 is 11.4. The Labute approximate surface area is 161 Å². The Morgan fingerprint density at radius 3 is 2.52 bits per heavy atom. The molecule has 0 radical (unpaired) electrons. The molecule has 0 bridgehead atoms. The third kappa shape index (κ3) is 4.93. The molecule has 1 aliphatic heterocycles. The van der Waals surface area contributed by atoms with Crippen molar-refractivity contribution < 1.29 is 19.1 Å². The van der Waals surface area contributed by atoms with E-state index < -0.39 is 0 Å². The number of ether oxygens (including phenoxy) is 2. The second-order valence-corrected chi connectivity index (χ2v) is 7.56. The molecule has 1 saturated carbocycles. The summed E-state index contributed by atoms with van der Waals surface area (Å²) in [5, 5.41) is 2.99. The average Bonchev–Trinajstić information content (AvgIpc) is 3.53. The van der Waals surface area contributed by atoms with E-state index in [0.717, 1.165) is 45.2 Å². The van der Waals surface area contributed by atoms with Crippen LogP contribution in [0.3, 0.4) is 0 Å². The number of nitrogens with zero attached hydrogens (tertiary/aromatic N) is 1. The largest absolute Gasteiger partial charge is 0.497 e. The predicted octanol–water partition coefficient (Wildman–Crippen LogP) is 3.00. The maximum atomic E-state index is 12.7. The molecule has 1 aromatic rings. The maximum absolute atomic E-state index is 12.7. The third-order valence-corrected chi connectivity index (χ3v) is 5.40. The molecule has 148 valence electrons. The summed E-state index contributed by atoms with van der Waals surface area (Å²) in [6.07, 6.45) is 4.52. The Hall–Kier alpha value is -2.24. The molecule has 1 heterocycles. The summed E-state index contributed by atoms with van der Waals surface area (Å²) in [6.45, 7) is 5.46. The molecule has 0 aromatic heterocycles. The lowest BCUT2D eigenvalue weighted by Gasteiger charge is -2.32. The lowest BCUT2D eigenvalue weighted by Crippen LogP contribution is -2.42. The van der Waals surface area contributed by atoms with Gasteiger partial charge in [-0.1, -0.05) is 6.92 Å². The van der Waals surface area contributed by atoms with Gasteiger partial charge in [-0.05, 0) is 44.4 Å². The first-order chi connectivity index (χ1) is 13.0. The molecular weight excluding hydrogens is 344 g/mol. The van der Waals surface area contributed by atoms with Crippen LogP contribution < -0.4 is 14.8 Å². The minimum atomic E-state index is -0.153. The molecule has 27 heavy (non-hydrogen) atoms. The molecule has 0 spiro atoms. The third-order valence-electron chi connectivity index (χ3n) is 5.40. The van der Waals surface area contributed by atoms with Crippen LogP contribution in [0.2, 0.25) is 0 Å². The molecule has 2 amide bonds. The summed E-state index contributed by atoms with van der Waals surface area (Å²) in [6, 6.07) is 5.42. The summed E-state index contributed by atoms with van der Waals surface area (Å²) in [4.78, 5) is 26.8. The van der Waals surface area contributed by atoms with Gasteiger partial charge < -0.3 is 19.7 Å². The summed E-state index contributed by atoms with van der Waals surface area (Å²) in [7, 11) is 1.58. The molecule has 1 aromatic carbocycles. The summed E-state index contributed by atoms with van der Waals surface area (Å²) >= 11 is 0. The highest BCUT2D eigenvalue weighted by molar-refractivity contribution is 5.97. The van der Waals surface area contributed by atoms with Crippen LogP contribution in [0.15, 0.2) is 18.2 Å². The number of rotatable bonds is 7. The predicted molar refractivity (Wildman–Crippen MR) is 103 cm³/mol. The van der Waals surface area contributed by atoms with Gasteiger partial charge in [0.15, 0.2) is 0 Å². The molecule has 0 unspecified atom stereocenters. The molecule has 2 fully saturated rings. The SMILES string of the molecule is CC[C@@H](C)NC(=O)c1cc(OC)ccc1OC1CCN(C(=O)C2CC2)CC1. The van der Waals surface area contributed by atoms with Crippen LogP contribution in [0.5, 0.6) is 11.5 Å². The minimum absolute atomic E-state index is 0.0109. The topological polar surface area (TPSA) is 67.9 Å².